The normalized spacial score (nSPS) is 14.7. The fraction of sp³-hybridized carbons (Fsp3) is 0.677. The number of aliphatic hydroxyl groups excluding tert-OH is 1. The first-order chi connectivity index (χ1) is 36.0. The van der Waals surface area contributed by atoms with Crippen LogP contribution in [-0.4, -0.2) is 68.5 Å². The number of hydrogen-bond acceptors (Lipinski definition) is 6. The lowest BCUT2D eigenvalue weighted by Gasteiger charge is -2.29. The number of likely N-dealkylation sites (N-methyl/N-ethyl adjacent to an activating group) is 1. The summed E-state index contributed by atoms with van der Waals surface area (Å²) in [6.45, 7) is 4.48. The summed E-state index contributed by atoms with van der Waals surface area (Å²) in [5, 5.41) is 13.9. The molecular formula is C65H113N2O6P. The van der Waals surface area contributed by atoms with Crippen molar-refractivity contribution in [2.45, 2.75) is 244 Å². The predicted molar refractivity (Wildman–Crippen MR) is 320 cm³/mol. The Kier molecular flexibility index (Phi) is 52.4. The van der Waals surface area contributed by atoms with Crippen molar-refractivity contribution >= 4 is 13.7 Å². The molecule has 3 unspecified atom stereocenters. The van der Waals surface area contributed by atoms with E-state index in [4.69, 9.17) is 9.05 Å². The molecule has 0 aliphatic carbocycles. The van der Waals surface area contributed by atoms with Crippen molar-refractivity contribution in [3.05, 3.63) is 122 Å². The van der Waals surface area contributed by atoms with Gasteiger partial charge in [-0.25, -0.2) is 0 Å². The first-order valence-electron chi connectivity index (χ1n) is 29.9. The molecule has 0 fully saturated rings. The Morgan fingerprint density at radius 2 is 0.838 bits per heavy atom. The van der Waals surface area contributed by atoms with Gasteiger partial charge >= 0.3 is 0 Å². The van der Waals surface area contributed by atoms with Gasteiger partial charge in [-0.15, -0.1) is 0 Å². The van der Waals surface area contributed by atoms with Gasteiger partial charge in [0, 0.05) is 6.42 Å². The third-order valence-electron chi connectivity index (χ3n) is 12.6. The highest BCUT2D eigenvalue weighted by Gasteiger charge is 2.23. The van der Waals surface area contributed by atoms with Crippen LogP contribution in [0.4, 0.5) is 0 Å². The van der Waals surface area contributed by atoms with E-state index in [-0.39, 0.29) is 18.9 Å². The molecule has 0 saturated heterocycles. The second-order valence-electron chi connectivity index (χ2n) is 20.9. The summed E-state index contributed by atoms with van der Waals surface area (Å²) in [6, 6.07) is -0.939. The number of carbonyl (C=O) groups excluding carboxylic acids is 1. The lowest BCUT2D eigenvalue weighted by Crippen LogP contribution is -2.45. The predicted octanol–water partition coefficient (Wildman–Crippen LogP) is 17.9. The average Bonchev–Trinajstić information content (AvgIpc) is 3.36. The molecule has 0 aromatic carbocycles. The minimum atomic E-state index is -4.63. The van der Waals surface area contributed by atoms with Crippen molar-refractivity contribution < 1.29 is 32.9 Å². The second kappa shape index (κ2) is 54.7. The molecule has 3 atom stereocenters. The molecule has 9 heteroatoms. The van der Waals surface area contributed by atoms with Crippen LogP contribution < -0.4 is 10.2 Å². The molecule has 8 nitrogen and oxygen atoms in total. The van der Waals surface area contributed by atoms with Crippen LogP contribution in [0.1, 0.15) is 232 Å². The Morgan fingerprint density at radius 1 is 0.486 bits per heavy atom. The molecule has 0 rings (SSSR count). The topological polar surface area (TPSA) is 108 Å². The minimum Gasteiger partial charge on any atom is -0.756 e. The van der Waals surface area contributed by atoms with Crippen molar-refractivity contribution in [1.82, 2.24) is 5.32 Å². The zero-order chi connectivity index (χ0) is 54.2. The highest BCUT2D eigenvalue weighted by atomic mass is 31.2. The van der Waals surface area contributed by atoms with E-state index >= 15 is 0 Å². The molecule has 0 aromatic rings. The Balaban J connectivity index is 4.38. The van der Waals surface area contributed by atoms with Crippen LogP contribution in [0.2, 0.25) is 0 Å². The number of quaternary nitrogens is 1. The molecule has 0 heterocycles. The van der Waals surface area contributed by atoms with Gasteiger partial charge in [0.05, 0.1) is 39.9 Å². The lowest BCUT2D eigenvalue weighted by molar-refractivity contribution is -0.870. The third-order valence-corrected chi connectivity index (χ3v) is 13.6. The fourth-order valence-corrected chi connectivity index (χ4v) is 8.71. The van der Waals surface area contributed by atoms with Gasteiger partial charge in [0.2, 0.25) is 5.91 Å². The Hall–Kier alpha value is -3.10. The Morgan fingerprint density at radius 3 is 1.26 bits per heavy atom. The van der Waals surface area contributed by atoms with Crippen LogP contribution in [0.3, 0.4) is 0 Å². The zero-order valence-corrected chi connectivity index (χ0v) is 49.1. The summed E-state index contributed by atoms with van der Waals surface area (Å²) in [4.78, 5) is 25.5. The van der Waals surface area contributed by atoms with E-state index in [0.717, 1.165) is 83.5 Å². The van der Waals surface area contributed by atoms with Gasteiger partial charge in [-0.05, 0) is 103 Å². The first-order valence-corrected chi connectivity index (χ1v) is 31.4. The molecule has 74 heavy (non-hydrogen) atoms. The number of phosphoric acid groups is 1. The number of rotatable bonds is 53. The quantitative estimate of drug-likeness (QED) is 0.0272. The summed E-state index contributed by atoms with van der Waals surface area (Å²) >= 11 is 0. The monoisotopic (exact) mass is 1050 g/mol. The molecule has 0 spiro atoms. The molecular weight excluding hydrogens is 936 g/mol. The molecule has 0 saturated carbocycles. The van der Waals surface area contributed by atoms with Crippen LogP contribution in [0.25, 0.3) is 0 Å². The second-order valence-corrected chi connectivity index (χ2v) is 22.4. The number of hydrogen-bond donors (Lipinski definition) is 2. The molecule has 2 N–H and O–H groups in total. The summed E-state index contributed by atoms with van der Waals surface area (Å²) in [7, 11) is 1.19. The maximum absolute atomic E-state index is 13.0. The van der Waals surface area contributed by atoms with Gasteiger partial charge in [0.25, 0.3) is 7.82 Å². The van der Waals surface area contributed by atoms with Crippen LogP contribution in [0, 0.1) is 0 Å². The van der Waals surface area contributed by atoms with Gasteiger partial charge in [-0.3, -0.25) is 9.36 Å². The largest absolute Gasteiger partial charge is 0.756 e. The minimum absolute atomic E-state index is 0.0229. The van der Waals surface area contributed by atoms with Crippen LogP contribution in [-0.2, 0) is 18.4 Å². The third kappa shape index (κ3) is 56.6. The van der Waals surface area contributed by atoms with Crippen LogP contribution >= 0.6 is 7.82 Å². The maximum atomic E-state index is 13.0. The van der Waals surface area contributed by atoms with Gasteiger partial charge in [0.15, 0.2) is 0 Å². The van der Waals surface area contributed by atoms with Gasteiger partial charge in [0.1, 0.15) is 13.2 Å². The van der Waals surface area contributed by atoms with Crippen molar-refractivity contribution in [2.75, 3.05) is 40.9 Å². The number of nitrogens with zero attached hydrogens (tertiary/aromatic N) is 1. The van der Waals surface area contributed by atoms with Crippen molar-refractivity contribution in [2.24, 2.45) is 0 Å². The molecule has 0 aliphatic heterocycles. The highest BCUT2D eigenvalue weighted by Crippen LogP contribution is 2.38. The van der Waals surface area contributed by atoms with Gasteiger partial charge < -0.3 is 28.8 Å². The molecule has 0 radical (unpaired) electrons. The van der Waals surface area contributed by atoms with Crippen LogP contribution in [0.5, 0.6) is 0 Å². The van der Waals surface area contributed by atoms with Crippen molar-refractivity contribution in [3.63, 3.8) is 0 Å². The molecule has 0 bridgehead atoms. The smallest absolute Gasteiger partial charge is 0.268 e. The Labute approximate surface area is 456 Å². The van der Waals surface area contributed by atoms with E-state index in [1.165, 1.54) is 116 Å². The van der Waals surface area contributed by atoms with Crippen molar-refractivity contribution in [3.8, 4) is 0 Å². The number of amides is 1. The summed E-state index contributed by atoms with van der Waals surface area (Å²) in [5.74, 6) is -0.247. The number of nitrogens with one attached hydrogen (secondary N) is 1. The molecule has 424 valence electrons. The zero-order valence-electron chi connectivity index (χ0n) is 48.2. The molecule has 0 aliphatic rings. The number of carbonyl (C=O) groups is 1. The Bertz CT molecular complexity index is 1620. The summed E-state index contributed by atoms with van der Waals surface area (Å²) < 4.78 is 23.3. The standard InChI is InChI=1S/C65H113N2O6P/c1-6-8-10-12-14-16-18-20-22-24-26-28-30-32-33-35-36-38-40-42-44-46-48-50-52-54-56-58-64(68)63(62-73-74(70,71)72-61-60-67(3,4)5)66-65(69)59-57-55-53-51-49-47-45-43-41-39-37-34-31-29-27-25-23-21-19-17-15-13-11-9-7-2/h9,11,15,17,21,23,27,29,34,37,40-43,47-50,56,58,63-64,68H,6-8,10,12-14,16,18-20,22,24-26,28,30-33,35-36,38-39,44-46,51-55,57,59-62H2,1-5H3,(H-,66,69,70,71)/b11-9-,17-15-,23-21-,29-27-,37-34-,42-40+,43-41-,49-47-,50-48+,58-56+. The number of phosphoric ester groups is 1. The lowest BCUT2D eigenvalue weighted by atomic mass is 10.0. The number of unbranched alkanes of at least 4 members (excludes halogenated alkanes) is 22. The van der Waals surface area contributed by atoms with E-state index < -0.39 is 26.6 Å². The highest BCUT2D eigenvalue weighted by molar-refractivity contribution is 7.45. The van der Waals surface area contributed by atoms with Gasteiger partial charge in [-0.2, -0.15) is 0 Å². The van der Waals surface area contributed by atoms with Crippen LogP contribution in [0.15, 0.2) is 122 Å². The first kappa shape index (κ1) is 70.9. The molecule has 0 aromatic heterocycles. The SMILES string of the molecule is CC/C=C\C/C=C\C/C=C\C/C=C\C/C=C\C/C=C\C/C=C\CCCCCC(=O)NC(COP(=O)([O-])OCC[N+](C)(C)C)C(O)/C=C/CC/C=C/CC/C=C/CCCCCCCCCCCCCCCCCCC. The summed E-state index contributed by atoms with van der Waals surface area (Å²) in [5.41, 5.74) is 0. The number of aliphatic hydroxyl groups is 1. The van der Waals surface area contributed by atoms with Crippen molar-refractivity contribution in [1.29, 1.82) is 0 Å². The van der Waals surface area contributed by atoms with E-state index in [1.807, 2.05) is 27.2 Å². The number of allylic oxidation sites excluding steroid dienone is 19. The van der Waals surface area contributed by atoms with E-state index in [2.05, 4.69) is 129 Å². The summed E-state index contributed by atoms with van der Waals surface area (Å²) in [6.07, 6.45) is 81.5. The maximum Gasteiger partial charge on any atom is 0.268 e. The fourth-order valence-electron chi connectivity index (χ4n) is 7.99. The van der Waals surface area contributed by atoms with E-state index in [1.54, 1.807) is 6.08 Å². The van der Waals surface area contributed by atoms with E-state index in [9.17, 15) is 19.4 Å². The molecule has 1 amide bonds. The van der Waals surface area contributed by atoms with E-state index in [0.29, 0.717) is 23.9 Å². The van der Waals surface area contributed by atoms with Gasteiger partial charge in [-0.1, -0.05) is 245 Å². The average molecular weight is 1050 g/mol.